The van der Waals surface area contributed by atoms with Crippen LogP contribution in [0.2, 0.25) is 5.02 Å². The molecule has 1 N–H and O–H groups in total. The van der Waals surface area contributed by atoms with Crippen molar-refractivity contribution in [3.8, 4) is 5.75 Å². The molecule has 0 bridgehead atoms. The molecule has 1 heterocycles. The summed E-state index contributed by atoms with van der Waals surface area (Å²) in [5, 5.41) is 9.53. The van der Waals surface area contributed by atoms with E-state index in [-0.39, 0.29) is 25.0 Å². The SMILES string of the molecule is C=CC1=CC[C@H]2C(=O)N(c3cccc(Cl)c3)C(=O)[C@@]2(c2ccccc2)[C@H]1c1ccc(OCCO)cc1. The number of halogens is 1. The Morgan fingerprint density at radius 2 is 1.81 bits per heavy atom. The Balaban J connectivity index is 1.72. The molecule has 0 spiro atoms. The van der Waals surface area contributed by atoms with Crippen molar-refractivity contribution in [2.75, 3.05) is 18.1 Å². The van der Waals surface area contributed by atoms with Crippen LogP contribution in [0.1, 0.15) is 23.5 Å². The van der Waals surface area contributed by atoms with Crippen molar-refractivity contribution in [1.82, 2.24) is 0 Å². The van der Waals surface area contributed by atoms with E-state index in [0.717, 1.165) is 16.7 Å². The van der Waals surface area contributed by atoms with E-state index in [1.165, 1.54) is 4.90 Å². The monoisotopic (exact) mass is 499 g/mol. The van der Waals surface area contributed by atoms with Crippen LogP contribution in [0.15, 0.2) is 103 Å². The van der Waals surface area contributed by atoms with Gasteiger partial charge in [0.2, 0.25) is 11.8 Å². The summed E-state index contributed by atoms with van der Waals surface area (Å²) in [6.07, 6.45) is 4.22. The highest BCUT2D eigenvalue weighted by molar-refractivity contribution is 6.32. The van der Waals surface area contributed by atoms with E-state index in [2.05, 4.69) is 6.58 Å². The van der Waals surface area contributed by atoms with Crippen LogP contribution in [0.4, 0.5) is 5.69 Å². The zero-order valence-electron chi connectivity index (χ0n) is 19.6. The molecule has 1 saturated heterocycles. The molecule has 2 aliphatic rings. The number of amides is 2. The molecule has 182 valence electrons. The fourth-order valence-electron chi connectivity index (χ4n) is 5.67. The van der Waals surface area contributed by atoms with E-state index >= 15 is 0 Å². The molecule has 3 aromatic rings. The van der Waals surface area contributed by atoms with Gasteiger partial charge in [0.25, 0.3) is 0 Å². The van der Waals surface area contributed by atoms with Gasteiger partial charge in [-0.05, 0) is 53.5 Å². The second-order valence-corrected chi connectivity index (χ2v) is 9.40. The number of allylic oxidation sites excluding steroid dienone is 3. The topological polar surface area (TPSA) is 66.8 Å². The Hall–Kier alpha value is -3.67. The maximum absolute atomic E-state index is 14.6. The first-order chi connectivity index (χ1) is 17.5. The number of hydrogen-bond acceptors (Lipinski definition) is 4. The molecule has 5 nitrogen and oxygen atoms in total. The van der Waals surface area contributed by atoms with Crippen molar-refractivity contribution >= 4 is 29.1 Å². The number of hydrogen-bond donors (Lipinski definition) is 1. The number of rotatable bonds is 7. The second-order valence-electron chi connectivity index (χ2n) is 8.96. The third-order valence-electron chi connectivity index (χ3n) is 7.13. The van der Waals surface area contributed by atoms with Crippen molar-refractivity contribution in [1.29, 1.82) is 0 Å². The van der Waals surface area contributed by atoms with Gasteiger partial charge < -0.3 is 9.84 Å². The summed E-state index contributed by atoms with van der Waals surface area (Å²) < 4.78 is 5.54. The van der Waals surface area contributed by atoms with Crippen LogP contribution >= 0.6 is 11.6 Å². The minimum atomic E-state index is -1.16. The van der Waals surface area contributed by atoms with Crippen LogP contribution in [0.3, 0.4) is 0 Å². The molecule has 5 rings (SSSR count). The minimum Gasteiger partial charge on any atom is -0.491 e. The first-order valence-corrected chi connectivity index (χ1v) is 12.3. The molecule has 36 heavy (non-hydrogen) atoms. The summed E-state index contributed by atoms with van der Waals surface area (Å²) in [6.45, 7) is 4.15. The van der Waals surface area contributed by atoms with Crippen LogP contribution in [0.5, 0.6) is 5.75 Å². The molecule has 0 saturated carbocycles. The zero-order valence-corrected chi connectivity index (χ0v) is 20.4. The average Bonchev–Trinajstić information content (AvgIpc) is 3.14. The summed E-state index contributed by atoms with van der Waals surface area (Å²) in [5.41, 5.74) is 1.87. The highest BCUT2D eigenvalue weighted by atomic mass is 35.5. The lowest BCUT2D eigenvalue weighted by Crippen LogP contribution is -2.48. The van der Waals surface area contributed by atoms with Gasteiger partial charge in [0.05, 0.1) is 23.6 Å². The van der Waals surface area contributed by atoms with Gasteiger partial charge >= 0.3 is 0 Å². The number of benzene rings is 3. The van der Waals surface area contributed by atoms with Gasteiger partial charge in [-0.1, -0.05) is 78.9 Å². The molecule has 0 unspecified atom stereocenters. The first-order valence-electron chi connectivity index (χ1n) is 11.9. The molecule has 3 atom stereocenters. The zero-order chi connectivity index (χ0) is 25.3. The van der Waals surface area contributed by atoms with Crippen molar-refractivity contribution in [3.05, 3.63) is 119 Å². The van der Waals surface area contributed by atoms with Crippen LogP contribution in [-0.4, -0.2) is 30.1 Å². The van der Waals surface area contributed by atoms with E-state index in [0.29, 0.717) is 22.9 Å². The predicted octanol–water partition coefficient (Wildman–Crippen LogP) is 5.44. The number of aliphatic hydroxyl groups excluding tert-OH is 1. The highest BCUT2D eigenvalue weighted by Gasteiger charge is 2.65. The van der Waals surface area contributed by atoms with Gasteiger partial charge in [-0.15, -0.1) is 0 Å². The molecular weight excluding hydrogens is 474 g/mol. The number of nitrogens with zero attached hydrogens (tertiary/aromatic N) is 1. The smallest absolute Gasteiger partial charge is 0.246 e. The normalized spacial score (nSPS) is 23.3. The van der Waals surface area contributed by atoms with Crippen LogP contribution in [0, 0.1) is 5.92 Å². The molecule has 1 fully saturated rings. The van der Waals surface area contributed by atoms with Crippen molar-refractivity contribution in [3.63, 3.8) is 0 Å². The van der Waals surface area contributed by atoms with Gasteiger partial charge in [-0.25, -0.2) is 4.90 Å². The Labute approximate surface area is 215 Å². The summed E-state index contributed by atoms with van der Waals surface area (Å²) in [5.74, 6) is -0.927. The summed E-state index contributed by atoms with van der Waals surface area (Å²) in [7, 11) is 0. The maximum atomic E-state index is 14.6. The Kier molecular flexibility index (Phi) is 6.52. The van der Waals surface area contributed by atoms with Crippen LogP contribution < -0.4 is 9.64 Å². The van der Waals surface area contributed by atoms with E-state index in [1.807, 2.05) is 60.7 Å². The number of anilines is 1. The van der Waals surface area contributed by atoms with Crippen LogP contribution in [-0.2, 0) is 15.0 Å². The van der Waals surface area contributed by atoms with E-state index in [4.69, 9.17) is 21.4 Å². The maximum Gasteiger partial charge on any atom is 0.246 e. The number of imide groups is 1. The lowest BCUT2D eigenvalue weighted by atomic mass is 9.56. The molecule has 0 radical (unpaired) electrons. The lowest BCUT2D eigenvalue weighted by molar-refractivity contribution is -0.123. The largest absolute Gasteiger partial charge is 0.491 e. The average molecular weight is 500 g/mol. The fraction of sp³-hybridized carbons (Fsp3) is 0.200. The van der Waals surface area contributed by atoms with Crippen LogP contribution in [0.25, 0.3) is 0 Å². The Bertz CT molecular complexity index is 1330. The van der Waals surface area contributed by atoms with E-state index < -0.39 is 17.3 Å². The minimum absolute atomic E-state index is 0.0809. The van der Waals surface area contributed by atoms with Crippen molar-refractivity contribution < 1.29 is 19.4 Å². The Morgan fingerprint density at radius 1 is 1.06 bits per heavy atom. The van der Waals surface area contributed by atoms with E-state index in [9.17, 15) is 9.59 Å². The molecule has 1 aliphatic heterocycles. The number of ether oxygens (including phenoxy) is 1. The quantitative estimate of drug-likeness (QED) is 0.440. The number of aliphatic hydroxyl groups is 1. The Morgan fingerprint density at radius 3 is 2.47 bits per heavy atom. The summed E-state index contributed by atoms with van der Waals surface area (Å²) >= 11 is 6.24. The van der Waals surface area contributed by atoms with Gasteiger partial charge in [0, 0.05) is 10.9 Å². The molecular formula is C30H26ClNO4. The predicted molar refractivity (Wildman–Crippen MR) is 140 cm³/mol. The molecule has 0 aromatic heterocycles. The standard InChI is InChI=1S/C30H26ClNO4/c1-2-20-13-16-26-28(34)32(24-10-6-9-23(31)19-24)29(35)30(26,22-7-4-3-5-8-22)27(20)21-11-14-25(15-12-21)36-18-17-33/h2-15,19,26-27,33H,1,16-18H2/t26-,27+,30+/m0/s1. The van der Waals surface area contributed by atoms with Crippen molar-refractivity contribution in [2.24, 2.45) is 5.92 Å². The van der Waals surface area contributed by atoms with Gasteiger partial charge in [0.1, 0.15) is 12.4 Å². The number of fused-ring (bicyclic) bond motifs is 1. The molecule has 3 aromatic carbocycles. The highest BCUT2D eigenvalue weighted by Crippen LogP contribution is 2.58. The summed E-state index contributed by atoms with van der Waals surface area (Å²) in [6, 6.07) is 23.9. The van der Waals surface area contributed by atoms with Gasteiger partial charge in [-0.3, -0.25) is 9.59 Å². The van der Waals surface area contributed by atoms with E-state index in [1.54, 1.807) is 30.3 Å². The van der Waals surface area contributed by atoms with Crippen molar-refractivity contribution in [2.45, 2.75) is 17.8 Å². The third kappa shape index (κ3) is 3.76. The summed E-state index contributed by atoms with van der Waals surface area (Å²) in [4.78, 5) is 29.8. The second kappa shape index (κ2) is 9.76. The first kappa shape index (κ1) is 24.0. The third-order valence-corrected chi connectivity index (χ3v) is 7.37. The molecule has 2 amide bonds. The molecule has 1 aliphatic carbocycles. The molecule has 6 heteroatoms. The lowest BCUT2D eigenvalue weighted by Gasteiger charge is -2.43. The van der Waals surface area contributed by atoms with Gasteiger partial charge in [0.15, 0.2) is 0 Å². The number of carbonyl (C=O) groups excluding carboxylic acids is 2. The van der Waals surface area contributed by atoms with Gasteiger partial charge in [-0.2, -0.15) is 0 Å². The number of carbonyl (C=O) groups is 2. The fourth-order valence-corrected chi connectivity index (χ4v) is 5.86.